The largest absolute Gasteiger partial charge is 0.494 e. The summed E-state index contributed by atoms with van der Waals surface area (Å²) in [5.74, 6) is 0.522. The van der Waals surface area contributed by atoms with Gasteiger partial charge in [-0.1, -0.05) is 18.2 Å². The van der Waals surface area contributed by atoms with Gasteiger partial charge in [0.25, 0.3) is 0 Å². The molecule has 0 aliphatic carbocycles. The van der Waals surface area contributed by atoms with Crippen molar-refractivity contribution in [1.82, 2.24) is 0 Å². The molecule has 2 rings (SSSR count). The van der Waals surface area contributed by atoms with Gasteiger partial charge in [-0.25, -0.2) is 0 Å². The van der Waals surface area contributed by atoms with Gasteiger partial charge in [0.15, 0.2) is 11.5 Å². The number of amides is 1. The summed E-state index contributed by atoms with van der Waals surface area (Å²) in [6, 6.07) is 13.6. The Morgan fingerprint density at radius 1 is 1.12 bits per heavy atom. The van der Waals surface area contributed by atoms with Gasteiger partial charge < -0.3 is 19.5 Å². The molecule has 1 amide bonds. The van der Waals surface area contributed by atoms with E-state index in [1.807, 2.05) is 30.3 Å². The molecular weight excluding hydrogens is 332 g/mol. The molecule has 7 heteroatoms. The van der Waals surface area contributed by atoms with Crippen LogP contribution < -0.4 is 19.5 Å². The van der Waals surface area contributed by atoms with Gasteiger partial charge in [0, 0.05) is 18.2 Å². The zero-order valence-corrected chi connectivity index (χ0v) is 13.7. The van der Waals surface area contributed by atoms with Gasteiger partial charge in [-0.2, -0.15) is 8.78 Å². The Hall–Kier alpha value is -2.83. The van der Waals surface area contributed by atoms with Crippen molar-refractivity contribution in [3.8, 4) is 17.2 Å². The van der Waals surface area contributed by atoms with Crippen LogP contribution in [0.3, 0.4) is 0 Å². The van der Waals surface area contributed by atoms with E-state index in [2.05, 4.69) is 10.1 Å². The van der Waals surface area contributed by atoms with Crippen molar-refractivity contribution in [3.63, 3.8) is 0 Å². The van der Waals surface area contributed by atoms with E-state index in [0.29, 0.717) is 18.7 Å². The molecule has 0 spiro atoms. The van der Waals surface area contributed by atoms with Gasteiger partial charge in [0.05, 0.1) is 13.7 Å². The number of hydrogen-bond donors (Lipinski definition) is 1. The van der Waals surface area contributed by atoms with Crippen LogP contribution >= 0.6 is 0 Å². The highest BCUT2D eigenvalue weighted by molar-refractivity contribution is 5.91. The lowest BCUT2D eigenvalue weighted by atomic mass is 10.2. The number of halogens is 2. The summed E-state index contributed by atoms with van der Waals surface area (Å²) in [6.07, 6.45) is 0.765. The van der Waals surface area contributed by atoms with Crippen LogP contribution in [-0.2, 0) is 4.79 Å². The topological polar surface area (TPSA) is 56.8 Å². The molecule has 0 aliphatic heterocycles. The Bertz CT molecular complexity index is 680. The number of anilines is 1. The van der Waals surface area contributed by atoms with Crippen LogP contribution in [0, 0.1) is 0 Å². The van der Waals surface area contributed by atoms with Gasteiger partial charge >= 0.3 is 6.61 Å². The lowest BCUT2D eigenvalue weighted by Gasteiger charge is -2.12. The number of benzene rings is 2. The molecule has 1 N–H and O–H groups in total. The monoisotopic (exact) mass is 351 g/mol. The first-order chi connectivity index (χ1) is 12.1. The maximum Gasteiger partial charge on any atom is 0.387 e. The minimum atomic E-state index is -2.98. The molecule has 2 aromatic carbocycles. The molecule has 0 radical (unpaired) electrons. The quantitative estimate of drug-likeness (QED) is 0.691. The van der Waals surface area contributed by atoms with Crippen molar-refractivity contribution < 1.29 is 27.8 Å². The third-order valence-corrected chi connectivity index (χ3v) is 3.22. The van der Waals surface area contributed by atoms with Gasteiger partial charge in [-0.15, -0.1) is 0 Å². The number of hydrogen-bond acceptors (Lipinski definition) is 4. The van der Waals surface area contributed by atoms with Crippen LogP contribution in [0.4, 0.5) is 14.5 Å². The van der Waals surface area contributed by atoms with E-state index in [4.69, 9.17) is 9.47 Å². The number of nitrogens with one attached hydrogen (secondary N) is 1. The lowest BCUT2D eigenvalue weighted by molar-refractivity contribution is -0.116. The Morgan fingerprint density at radius 2 is 1.88 bits per heavy atom. The average molecular weight is 351 g/mol. The molecule has 0 aliphatic rings. The summed E-state index contributed by atoms with van der Waals surface area (Å²) in [5, 5.41) is 2.63. The number of carbonyl (C=O) groups excluding carboxylic acids is 1. The second-order valence-electron chi connectivity index (χ2n) is 5.06. The van der Waals surface area contributed by atoms with Crippen LogP contribution in [0.1, 0.15) is 12.8 Å². The van der Waals surface area contributed by atoms with Crippen LogP contribution in [0.25, 0.3) is 0 Å². The molecule has 0 aromatic heterocycles. The van der Waals surface area contributed by atoms with Crippen LogP contribution in [-0.4, -0.2) is 26.2 Å². The Kier molecular flexibility index (Phi) is 7.00. The molecule has 5 nitrogen and oxygen atoms in total. The maximum absolute atomic E-state index is 12.4. The van der Waals surface area contributed by atoms with Crippen molar-refractivity contribution in [2.45, 2.75) is 19.5 Å². The predicted molar refractivity (Wildman–Crippen MR) is 89.4 cm³/mol. The zero-order chi connectivity index (χ0) is 18.1. The molecule has 134 valence electrons. The Morgan fingerprint density at radius 3 is 2.56 bits per heavy atom. The van der Waals surface area contributed by atoms with Crippen LogP contribution in [0.2, 0.25) is 0 Å². The van der Waals surface area contributed by atoms with Gasteiger partial charge in [-0.3, -0.25) is 4.79 Å². The highest BCUT2D eigenvalue weighted by Gasteiger charge is 2.12. The number of alkyl halides is 2. The smallest absolute Gasteiger partial charge is 0.387 e. The predicted octanol–water partition coefficient (Wildman–Crippen LogP) is 4.09. The third-order valence-electron chi connectivity index (χ3n) is 3.22. The third kappa shape index (κ3) is 6.29. The van der Waals surface area contributed by atoms with E-state index in [9.17, 15) is 13.6 Å². The standard InChI is InChI=1S/C18H19F2NO4/c1-23-15-10-9-13(12-16(15)25-18(19)20)21-17(22)8-5-11-24-14-6-3-2-4-7-14/h2-4,6-7,9-10,12,18H,5,8,11H2,1H3,(H,21,22). The number of rotatable bonds is 9. The van der Waals surface area contributed by atoms with Crippen molar-refractivity contribution in [1.29, 1.82) is 0 Å². The average Bonchev–Trinajstić information content (AvgIpc) is 2.59. The molecule has 0 unspecified atom stereocenters. The van der Waals surface area contributed by atoms with E-state index in [1.165, 1.54) is 19.2 Å². The first-order valence-electron chi connectivity index (χ1n) is 7.69. The van der Waals surface area contributed by atoms with Crippen molar-refractivity contribution in [2.75, 3.05) is 19.0 Å². The summed E-state index contributed by atoms with van der Waals surface area (Å²) in [4.78, 5) is 11.9. The van der Waals surface area contributed by atoms with Gasteiger partial charge in [0.1, 0.15) is 5.75 Å². The highest BCUT2D eigenvalue weighted by atomic mass is 19.3. The molecule has 25 heavy (non-hydrogen) atoms. The molecule has 0 fully saturated rings. The van der Waals surface area contributed by atoms with E-state index < -0.39 is 6.61 Å². The van der Waals surface area contributed by atoms with Crippen LogP contribution in [0.15, 0.2) is 48.5 Å². The fourth-order valence-corrected chi connectivity index (χ4v) is 2.11. The van der Waals surface area contributed by atoms with Crippen molar-refractivity contribution in [3.05, 3.63) is 48.5 Å². The van der Waals surface area contributed by atoms with E-state index >= 15 is 0 Å². The summed E-state index contributed by atoms with van der Waals surface area (Å²) in [6.45, 7) is -2.57. The molecule has 2 aromatic rings. The summed E-state index contributed by atoms with van der Waals surface area (Å²) >= 11 is 0. The second kappa shape index (κ2) is 9.46. The molecule has 0 saturated heterocycles. The molecular formula is C18H19F2NO4. The van der Waals surface area contributed by atoms with Crippen molar-refractivity contribution in [2.24, 2.45) is 0 Å². The Balaban J connectivity index is 1.81. The second-order valence-corrected chi connectivity index (χ2v) is 5.06. The minimum absolute atomic E-state index is 0.136. The number of methoxy groups -OCH3 is 1. The fraction of sp³-hybridized carbons (Fsp3) is 0.278. The highest BCUT2D eigenvalue weighted by Crippen LogP contribution is 2.31. The lowest BCUT2D eigenvalue weighted by Crippen LogP contribution is -2.13. The number of carbonyl (C=O) groups is 1. The van der Waals surface area contributed by atoms with Crippen LogP contribution in [0.5, 0.6) is 17.2 Å². The van der Waals surface area contributed by atoms with E-state index in [0.717, 1.165) is 5.75 Å². The van der Waals surface area contributed by atoms with Gasteiger partial charge in [-0.05, 0) is 30.7 Å². The number of para-hydroxylation sites is 1. The SMILES string of the molecule is COc1ccc(NC(=O)CCCOc2ccccc2)cc1OC(F)F. The molecule has 0 bridgehead atoms. The zero-order valence-electron chi connectivity index (χ0n) is 13.7. The van der Waals surface area contributed by atoms with Gasteiger partial charge in [0.2, 0.25) is 5.91 Å². The molecule has 0 heterocycles. The first-order valence-corrected chi connectivity index (χ1v) is 7.69. The molecule has 0 saturated carbocycles. The first kappa shape index (κ1) is 18.5. The Labute approximate surface area is 144 Å². The summed E-state index contributed by atoms with van der Waals surface area (Å²) < 4.78 is 39.6. The fourth-order valence-electron chi connectivity index (χ4n) is 2.11. The molecule has 0 atom stereocenters. The summed E-state index contributed by atoms with van der Waals surface area (Å²) in [7, 11) is 1.35. The van der Waals surface area contributed by atoms with E-state index in [1.54, 1.807) is 6.07 Å². The maximum atomic E-state index is 12.4. The minimum Gasteiger partial charge on any atom is -0.494 e. The normalized spacial score (nSPS) is 10.4. The van der Waals surface area contributed by atoms with Crippen molar-refractivity contribution >= 4 is 11.6 Å². The summed E-state index contributed by atoms with van der Waals surface area (Å²) in [5.41, 5.74) is 0.352. The van der Waals surface area contributed by atoms with E-state index in [-0.39, 0.29) is 23.8 Å². The number of ether oxygens (including phenoxy) is 3.